The first-order valence-electron chi connectivity index (χ1n) is 8.11. The predicted molar refractivity (Wildman–Crippen MR) is 94.9 cm³/mol. The van der Waals surface area contributed by atoms with Crippen LogP contribution < -0.4 is 10.5 Å². The minimum Gasteiger partial charge on any atom is -0.497 e. The zero-order valence-electron chi connectivity index (χ0n) is 13.9. The van der Waals surface area contributed by atoms with Crippen LogP contribution in [-0.2, 0) is 11.3 Å². The van der Waals surface area contributed by atoms with E-state index in [0.717, 1.165) is 11.3 Å². The number of hydrogen-bond donors (Lipinski definition) is 1. The Morgan fingerprint density at radius 3 is 2.64 bits per heavy atom. The van der Waals surface area contributed by atoms with Crippen molar-refractivity contribution in [1.82, 2.24) is 4.90 Å². The Labute approximate surface area is 151 Å². The first-order valence-corrected chi connectivity index (χ1v) is 8.48. The third-order valence-corrected chi connectivity index (χ3v) is 4.98. The Morgan fingerprint density at radius 1 is 1.28 bits per heavy atom. The van der Waals surface area contributed by atoms with Gasteiger partial charge in [0.25, 0.3) is 0 Å². The molecule has 2 aromatic carbocycles. The summed E-state index contributed by atoms with van der Waals surface area (Å²) in [6.07, 6.45) is 0.337. The van der Waals surface area contributed by atoms with E-state index in [1.165, 1.54) is 18.2 Å². The van der Waals surface area contributed by atoms with Crippen LogP contribution in [0.15, 0.2) is 42.5 Å². The van der Waals surface area contributed by atoms with E-state index in [0.29, 0.717) is 30.1 Å². The molecule has 2 N–H and O–H groups in total. The maximum atomic E-state index is 13.8. The molecule has 25 heavy (non-hydrogen) atoms. The van der Waals surface area contributed by atoms with Gasteiger partial charge in [-0.3, -0.25) is 4.79 Å². The van der Waals surface area contributed by atoms with Crippen molar-refractivity contribution in [2.45, 2.75) is 19.0 Å². The van der Waals surface area contributed by atoms with Crippen molar-refractivity contribution in [3.8, 4) is 5.75 Å². The summed E-state index contributed by atoms with van der Waals surface area (Å²) in [4.78, 5) is 14.3. The van der Waals surface area contributed by atoms with E-state index in [1.807, 2.05) is 24.3 Å². The second-order valence-corrected chi connectivity index (χ2v) is 6.59. The Balaban J connectivity index is 1.94. The van der Waals surface area contributed by atoms with Crippen molar-refractivity contribution in [2.24, 2.45) is 11.7 Å². The number of carbonyl (C=O) groups is 1. The molecule has 0 radical (unpaired) electrons. The molecule has 2 atom stereocenters. The summed E-state index contributed by atoms with van der Waals surface area (Å²) < 4.78 is 18.9. The van der Waals surface area contributed by atoms with Crippen LogP contribution in [0.25, 0.3) is 0 Å². The first kappa shape index (κ1) is 17.7. The summed E-state index contributed by atoms with van der Waals surface area (Å²) in [7, 11) is 1.60. The van der Waals surface area contributed by atoms with Crippen LogP contribution >= 0.6 is 11.6 Å². The normalized spacial score (nSPS) is 20.2. The minimum atomic E-state index is -0.376. The molecule has 1 heterocycles. The monoisotopic (exact) mass is 362 g/mol. The molecule has 2 unspecified atom stereocenters. The summed E-state index contributed by atoms with van der Waals surface area (Å²) in [5.74, 6) is 0.279. The van der Waals surface area contributed by atoms with Crippen LogP contribution in [0.3, 0.4) is 0 Å². The number of amides is 1. The lowest BCUT2D eigenvalue weighted by molar-refractivity contribution is -0.129. The van der Waals surface area contributed by atoms with Gasteiger partial charge in [-0.15, -0.1) is 0 Å². The third-order valence-electron chi connectivity index (χ3n) is 4.63. The number of benzene rings is 2. The summed E-state index contributed by atoms with van der Waals surface area (Å²) in [5.41, 5.74) is 7.44. The van der Waals surface area contributed by atoms with Gasteiger partial charge in [0.2, 0.25) is 5.91 Å². The highest BCUT2D eigenvalue weighted by Gasteiger charge is 2.40. The maximum absolute atomic E-state index is 13.8. The van der Waals surface area contributed by atoms with Gasteiger partial charge >= 0.3 is 0 Å². The number of ether oxygens (including phenoxy) is 1. The van der Waals surface area contributed by atoms with Gasteiger partial charge in [0.05, 0.1) is 13.2 Å². The Hall–Kier alpha value is -2.11. The summed E-state index contributed by atoms with van der Waals surface area (Å²) >= 11 is 6.29. The van der Waals surface area contributed by atoms with Gasteiger partial charge in [-0.2, -0.15) is 0 Å². The third kappa shape index (κ3) is 3.62. The second kappa shape index (κ2) is 7.42. The molecule has 2 aromatic rings. The van der Waals surface area contributed by atoms with Gasteiger partial charge in [0.1, 0.15) is 11.6 Å². The lowest BCUT2D eigenvalue weighted by Gasteiger charge is -2.29. The van der Waals surface area contributed by atoms with Crippen LogP contribution in [0.2, 0.25) is 5.02 Å². The predicted octanol–water partition coefficient (Wildman–Crippen LogP) is 3.54. The first-order chi connectivity index (χ1) is 12.0. The van der Waals surface area contributed by atoms with E-state index in [-0.39, 0.29) is 23.7 Å². The molecule has 6 heteroatoms. The number of hydrogen-bond acceptors (Lipinski definition) is 3. The van der Waals surface area contributed by atoms with E-state index in [2.05, 4.69) is 0 Å². The van der Waals surface area contributed by atoms with Crippen LogP contribution in [0.5, 0.6) is 5.75 Å². The summed E-state index contributed by atoms with van der Waals surface area (Å²) in [6, 6.07) is 11.4. The van der Waals surface area contributed by atoms with Gasteiger partial charge in [-0.1, -0.05) is 23.7 Å². The van der Waals surface area contributed by atoms with Gasteiger partial charge in [0, 0.05) is 23.9 Å². The van der Waals surface area contributed by atoms with Crippen molar-refractivity contribution in [1.29, 1.82) is 0 Å². The molecule has 4 nitrogen and oxygen atoms in total. The molecule has 1 amide bonds. The molecule has 1 aliphatic rings. The van der Waals surface area contributed by atoms with Crippen molar-refractivity contribution in [3.63, 3.8) is 0 Å². The smallest absolute Gasteiger partial charge is 0.223 e. The second-order valence-electron chi connectivity index (χ2n) is 6.18. The number of nitrogens with zero attached hydrogens (tertiary/aromatic N) is 1. The number of carbonyl (C=O) groups excluding carboxylic acids is 1. The zero-order chi connectivity index (χ0) is 18.0. The maximum Gasteiger partial charge on any atom is 0.223 e. The van der Waals surface area contributed by atoms with Gasteiger partial charge < -0.3 is 15.4 Å². The van der Waals surface area contributed by atoms with Crippen molar-refractivity contribution in [2.75, 3.05) is 13.7 Å². The zero-order valence-corrected chi connectivity index (χ0v) is 14.7. The molecular weight excluding hydrogens is 343 g/mol. The number of likely N-dealkylation sites (tertiary alicyclic amines) is 1. The van der Waals surface area contributed by atoms with Crippen LogP contribution in [0.4, 0.5) is 4.39 Å². The number of methoxy groups -OCH3 is 1. The van der Waals surface area contributed by atoms with Crippen LogP contribution in [0.1, 0.15) is 23.6 Å². The van der Waals surface area contributed by atoms with E-state index in [9.17, 15) is 9.18 Å². The topological polar surface area (TPSA) is 55.6 Å². The molecule has 3 rings (SSSR count). The highest BCUT2D eigenvalue weighted by molar-refractivity contribution is 6.31. The van der Waals surface area contributed by atoms with E-state index < -0.39 is 0 Å². The molecule has 132 valence electrons. The minimum absolute atomic E-state index is 0.00315. The molecule has 1 fully saturated rings. The number of rotatable bonds is 5. The van der Waals surface area contributed by atoms with E-state index in [1.54, 1.807) is 12.0 Å². The number of halogens is 2. The molecule has 0 aromatic heterocycles. The van der Waals surface area contributed by atoms with Crippen molar-refractivity contribution in [3.05, 3.63) is 64.4 Å². The van der Waals surface area contributed by atoms with E-state index >= 15 is 0 Å². The molecule has 0 saturated carbocycles. The molecular formula is C19H20ClFN2O2. The number of nitrogens with two attached hydrogens (primary N) is 1. The average Bonchev–Trinajstić information content (AvgIpc) is 2.93. The fourth-order valence-corrected chi connectivity index (χ4v) is 3.58. The largest absolute Gasteiger partial charge is 0.497 e. The Morgan fingerprint density at radius 2 is 2.00 bits per heavy atom. The molecule has 1 saturated heterocycles. The van der Waals surface area contributed by atoms with E-state index in [4.69, 9.17) is 22.1 Å². The van der Waals surface area contributed by atoms with Crippen LogP contribution in [0, 0.1) is 11.7 Å². The summed E-state index contributed by atoms with van der Waals surface area (Å²) in [5, 5.41) is 0.444. The van der Waals surface area contributed by atoms with Crippen LogP contribution in [-0.4, -0.2) is 24.5 Å². The fourth-order valence-electron chi connectivity index (χ4n) is 3.35. The standard InChI is InChI=1S/C19H20ClFN2O2/c1-25-15-5-2-12(3-6-15)11-23-18(24)8-13(10-22)19(23)16-9-14(21)4-7-17(16)20/h2-7,9,13,19H,8,10-11,22H2,1H3. The average molecular weight is 363 g/mol. The quantitative estimate of drug-likeness (QED) is 0.885. The van der Waals surface area contributed by atoms with Gasteiger partial charge in [-0.05, 0) is 48.0 Å². The molecule has 0 spiro atoms. The highest BCUT2D eigenvalue weighted by Crippen LogP contribution is 2.41. The van der Waals surface area contributed by atoms with Crippen molar-refractivity contribution < 1.29 is 13.9 Å². The highest BCUT2D eigenvalue weighted by atomic mass is 35.5. The van der Waals surface area contributed by atoms with Crippen molar-refractivity contribution >= 4 is 17.5 Å². The lowest BCUT2D eigenvalue weighted by Crippen LogP contribution is -2.30. The van der Waals surface area contributed by atoms with Gasteiger partial charge in [0.15, 0.2) is 0 Å². The Kier molecular flexibility index (Phi) is 5.25. The Bertz CT molecular complexity index is 767. The lowest BCUT2D eigenvalue weighted by atomic mass is 9.93. The fraction of sp³-hybridized carbons (Fsp3) is 0.316. The molecule has 1 aliphatic heterocycles. The SMILES string of the molecule is COc1ccc(CN2C(=O)CC(CN)C2c2cc(F)ccc2Cl)cc1. The molecule has 0 aliphatic carbocycles. The summed E-state index contributed by atoms with van der Waals surface area (Å²) in [6.45, 7) is 0.749. The molecule has 0 bridgehead atoms. The van der Waals surface area contributed by atoms with Gasteiger partial charge in [-0.25, -0.2) is 4.39 Å².